The molecule has 0 N–H and O–H groups in total. The Morgan fingerprint density at radius 1 is 1.10 bits per heavy atom. The second kappa shape index (κ2) is 8.69. The number of likely N-dealkylation sites (N-methyl/N-ethyl adjacent to an activating group) is 1. The first-order chi connectivity index (χ1) is 14.6. The van der Waals surface area contributed by atoms with Crippen molar-refractivity contribution < 1.29 is 14.3 Å². The maximum absolute atomic E-state index is 13.2. The van der Waals surface area contributed by atoms with Crippen molar-refractivity contribution in [3.63, 3.8) is 0 Å². The number of methoxy groups -OCH3 is 1. The summed E-state index contributed by atoms with van der Waals surface area (Å²) in [6.07, 6.45) is 3.57. The molecular weight excluding hydrogens is 378 g/mol. The Hall–Kier alpha value is -3.15. The van der Waals surface area contributed by atoms with Gasteiger partial charge in [-0.2, -0.15) is 5.10 Å². The zero-order chi connectivity index (χ0) is 21.1. The molecule has 0 bridgehead atoms. The fourth-order valence-electron chi connectivity index (χ4n) is 3.95. The molecule has 1 heterocycles. The summed E-state index contributed by atoms with van der Waals surface area (Å²) >= 11 is 0. The zero-order valence-electron chi connectivity index (χ0n) is 17.5. The maximum atomic E-state index is 13.2. The van der Waals surface area contributed by atoms with Crippen LogP contribution in [0.15, 0.2) is 59.7 Å². The van der Waals surface area contributed by atoms with Crippen molar-refractivity contribution in [3.8, 4) is 5.75 Å². The first-order valence-electron chi connectivity index (χ1n) is 10.4. The van der Waals surface area contributed by atoms with Crippen LogP contribution in [0.25, 0.3) is 0 Å². The summed E-state index contributed by atoms with van der Waals surface area (Å²) < 4.78 is 5.24. The fraction of sp³-hybridized carbons (Fsp3) is 0.375. The first-order valence-corrected chi connectivity index (χ1v) is 10.4. The molecule has 1 aliphatic carbocycles. The molecule has 2 amide bonds. The van der Waals surface area contributed by atoms with E-state index in [1.165, 1.54) is 0 Å². The predicted octanol–water partition coefficient (Wildman–Crippen LogP) is 3.63. The highest BCUT2D eigenvalue weighted by Gasteiger charge is 2.35. The minimum Gasteiger partial charge on any atom is -0.497 e. The average Bonchev–Trinajstić information content (AvgIpc) is 3.19. The second-order valence-electron chi connectivity index (χ2n) is 7.97. The average molecular weight is 405 g/mol. The number of benzene rings is 2. The van der Waals surface area contributed by atoms with Crippen LogP contribution in [0.1, 0.15) is 42.9 Å². The van der Waals surface area contributed by atoms with Gasteiger partial charge in [-0.15, -0.1) is 0 Å². The van der Waals surface area contributed by atoms with Gasteiger partial charge in [0.2, 0.25) is 5.91 Å². The van der Waals surface area contributed by atoms with Gasteiger partial charge >= 0.3 is 0 Å². The van der Waals surface area contributed by atoms with Crippen molar-refractivity contribution in [2.75, 3.05) is 20.7 Å². The Balaban J connectivity index is 1.56. The van der Waals surface area contributed by atoms with Crippen LogP contribution in [0.4, 0.5) is 0 Å². The third-order valence-electron chi connectivity index (χ3n) is 5.98. The monoisotopic (exact) mass is 405 g/mol. The summed E-state index contributed by atoms with van der Waals surface area (Å²) in [7, 11) is 3.34. The highest BCUT2D eigenvalue weighted by atomic mass is 16.5. The van der Waals surface area contributed by atoms with Crippen LogP contribution >= 0.6 is 0 Å². The summed E-state index contributed by atoms with van der Waals surface area (Å²) in [6, 6.07) is 17.5. The minimum absolute atomic E-state index is 0.0397. The molecule has 1 saturated carbocycles. The van der Waals surface area contributed by atoms with Gasteiger partial charge in [-0.3, -0.25) is 9.59 Å². The molecular formula is C24H27N3O3. The largest absolute Gasteiger partial charge is 0.497 e. The molecule has 156 valence electrons. The van der Waals surface area contributed by atoms with Crippen LogP contribution in [-0.2, 0) is 9.59 Å². The smallest absolute Gasteiger partial charge is 0.262 e. The van der Waals surface area contributed by atoms with Gasteiger partial charge in [0.1, 0.15) is 12.3 Å². The third-order valence-corrected chi connectivity index (χ3v) is 5.98. The standard InChI is InChI=1S/C24H27N3O3/c1-26(24(29)19-9-6-10-19)16-23(28)27-22(18-7-4-3-5-8-18)15-21(25-27)17-11-13-20(30-2)14-12-17/h3-5,7-8,11-14,19,22H,6,9-10,15-16H2,1-2H3/t22-/m0/s1. The van der Waals surface area contributed by atoms with E-state index >= 15 is 0 Å². The first kappa shape index (κ1) is 20.1. The SMILES string of the molecule is COc1ccc(C2=NN(C(=O)CN(C)C(=O)C3CCC3)[C@H](c3ccccc3)C2)cc1. The summed E-state index contributed by atoms with van der Waals surface area (Å²) in [4.78, 5) is 27.2. The van der Waals surface area contributed by atoms with Gasteiger partial charge in [-0.25, -0.2) is 5.01 Å². The highest BCUT2D eigenvalue weighted by Crippen LogP contribution is 2.33. The van der Waals surface area contributed by atoms with E-state index in [2.05, 4.69) is 5.10 Å². The van der Waals surface area contributed by atoms with Gasteiger partial charge < -0.3 is 9.64 Å². The number of amides is 2. The molecule has 0 aromatic heterocycles. The molecule has 4 rings (SSSR count). The molecule has 0 unspecified atom stereocenters. The van der Waals surface area contributed by atoms with Crippen molar-refractivity contribution in [2.45, 2.75) is 31.7 Å². The Kier molecular flexibility index (Phi) is 5.84. The van der Waals surface area contributed by atoms with E-state index in [-0.39, 0.29) is 30.3 Å². The molecule has 2 aromatic rings. The van der Waals surface area contributed by atoms with Crippen LogP contribution < -0.4 is 4.74 Å². The number of ether oxygens (including phenoxy) is 1. The lowest BCUT2D eigenvalue weighted by molar-refractivity contribution is -0.144. The number of hydrogen-bond donors (Lipinski definition) is 0. The Morgan fingerprint density at radius 2 is 1.80 bits per heavy atom. The van der Waals surface area contributed by atoms with Gasteiger partial charge in [-0.05, 0) is 48.2 Å². The Bertz CT molecular complexity index is 936. The van der Waals surface area contributed by atoms with E-state index in [1.807, 2.05) is 54.6 Å². The normalized spacial score (nSPS) is 18.5. The zero-order valence-corrected chi connectivity index (χ0v) is 17.5. The Labute approximate surface area is 177 Å². The van der Waals surface area contributed by atoms with Crippen molar-refractivity contribution >= 4 is 17.5 Å². The molecule has 6 nitrogen and oxygen atoms in total. The lowest BCUT2D eigenvalue weighted by Gasteiger charge is -2.30. The van der Waals surface area contributed by atoms with E-state index in [4.69, 9.17) is 4.74 Å². The molecule has 1 aliphatic heterocycles. The molecule has 2 aromatic carbocycles. The lowest BCUT2D eigenvalue weighted by atomic mass is 9.84. The minimum atomic E-state index is -0.178. The van der Waals surface area contributed by atoms with Crippen LogP contribution in [0.3, 0.4) is 0 Å². The lowest BCUT2D eigenvalue weighted by Crippen LogP contribution is -2.42. The summed E-state index contributed by atoms with van der Waals surface area (Å²) in [5.74, 6) is 0.748. The van der Waals surface area contributed by atoms with E-state index in [9.17, 15) is 9.59 Å². The number of carbonyl (C=O) groups excluding carboxylic acids is 2. The van der Waals surface area contributed by atoms with Gasteiger partial charge in [0.25, 0.3) is 5.91 Å². The van der Waals surface area contributed by atoms with Crippen molar-refractivity contribution in [1.29, 1.82) is 0 Å². The van der Waals surface area contributed by atoms with E-state index in [0.29, 0.717) is 6.42 Å². The van der Waals surface area contributed by atoms with Gasteiger partial charge in [0.15, 0.2) is 0 Å². The molecule has 1 fully saturated rings. The number of hydrogen-bond acceptors (Lipinski definition) is 4. The topological polar surface area (TPSA) is 62.2 Å². The van der Waals surface area contributed by atoms with Gasteiger partial charge in [0, 0.05) is 19.4 Å². The molecule has 0 radical (unpaired) electrons. The molecule has 2 aliphatic rings. The molecule has 30 heavy (non-hydrogen) atoms. The van der Waals surface area contributed by atoms with Crippen molar-refractivity contribution in [3.05, 3.63) is 65.7 Å². The van der Waals surface area contributed by atoms with Crippen molar-refractivity contribution in [2.24, 2.45) is 11.0 Å². The number of rotatable bonds is 6. The third kappa shape index (κ3) is 4.08. The second-order valence-corrected chi connectivity index (χ2v) is 7.97. The maximum Gasteiger partial charge on any atom is 0.262 e. The predicted molar refractivity (Wildman–Crippen MR) is 115 cm³/mol. The molecule has 6 heteroatoms. The van der Waals surface area contributed by atoms with Crippen LogP contribution in [0.5, 0.6) is 5.75 Å². The van der Waals surface area contributed by atoms with Crippen molar-refractivity contribution in [1.82, 2.24) is 9.91 Å². The number of hydrazone groups is 1. The molecule has 0 spiro atoms. The fourth-order valence-corrected chi connectivity index (χ4v) is 3.95. The van der Waals surface area contributed by atoms with Crippen LogP contribution in [0, 0.1) is 5.92 Å². The Morgan fingerprint density at radius 3 is 2.40 bits per heavy atom. The number of carbonyl (C=O) groups is 2. The van der Waals surface area contributed by atoms with Gasteiger partial charge in [0.05, 0.1) is 18.9 Å². The van der Waals surface area contributed by atoms with Gasteiger partial charge in [-0.1, -0.05) is 36.8 Å². The van der Waals surface area contributed by atoms with Crippen LogP contribution in [0.2, 0.25) is 0 Å². The van der Waals surface area contributed by atoms with E-state index in [1.54, 1.807) is 24.1 Å². The quantitative estimate of drug-likeness (QED) is 0.737. The number of nitrogens with zero attached hydrogens (tertiary/aromatic N) is 3. The highest BCUT2D eigenvalue weighted by molar-refractivity contribution is 6.03. The molecule has 0 saturated heterocycles. The summed E-state index contributed by atoms with van der Waals surface area (Å²) in [6.45, 7) is 0.0397. The molecule has 1 atom stereocenters. The summed E-state index contributed by atoms with van der Waals surface area (Å²) in [5.41, 5.74) is 2.85. The van der Waals surface area contributed by atoms with E-state index < -0.39 is 0 Å². The van der Waals surface area contributed by atoms with Crippen LogP contribution in [-0.4, -0.2) is 48.1 Å². The summed E-state index contributed by atoms with van der Waals surface area (Å²) in [5, 5.41) is 6.24. The van der Waals surface area contributed by atoms with E-state index in [0.717, 1.165) is 41.9 Å².